The molecule has 164 valence electrons. The smallest absolute Gasteiger partial charge is 0.161 e. The van der Waals surface area contributed by atoms with E-state index in [0.717, 1.165) is 56.2 Å². The molecule has 1 saturated heterocycles. The maximum absolute atomic E-state index is 13.8. The second-order valence-corrected chi connectivity index (χ2v) is 8.24. The molecule has 5 heteroatoms. The Labute approximate surface area is 180 Å². The van der Waals surface area contributed by atoms with Crippen LogP contribution < -0.4 is 9.47 Å². The van der Waals surface area contributed by atoms with Crippen molar-refractivity contribution < 1.29 is 13.9 Å². The average molecular weight is 415 g/mol. The third kappa shape index (κ3) is 6.44. The Kier molecular flexibility index (Phi) is 8.52. The number of nitrogens with zero attached hydrogens (tertiary/aromatic N) is 2. The fourth-order valence-electron chi connectivity index (χ4n) is 4.28. The molecule has 0 spiro atoms. The summed E-state index contributed by atoms with van der Waals surface area (Å²) in [7, 11) is 3.86. The number of piperidine rings is 1. The van der Waals surface area contributed by atoms with Crippen molar-refractivity contribution in [1.29, 1.82) is 0 Å². The van der Waals surface area contributed by atoms with Gasteiger partial charge in [0.05, 0.1) is 13.7 Å². The van der Waals surface area contributed by atoms with E-state index in [0.29, 0.717) is 12.5 Å². The first-order chi connectivity index (χ1) is 14.6. The summed E-state index contributed by atoms with van der Waals surface area (Å²) in [5.74, 6) is 2.23. The van der Waals surface area contributed by atoms with Gasteiger partial charge in [-0.1, -0.05) is 24.3 Å². The molecule has 0 N–H and O–H groups in total. The van der Waals surface area contributed by atoms with Gasteiger partial charge in [-0.2, -0.15) is 0 Å². The van der Waals surface area contributed by atoms with E-state index >= 15 is 0 Å². The molecule has 1 heterocycles. The van der Waals surface area contributed by atoms with Crippen LogP contribution in [0.5, 0.6) is 11.5 Å². The van der Waals surface area contributed by atoms with Gasteiger partial charge in [-0.25, -0.2) is 4.39 Å². The van der Waals surface area contributed by atoms with Crippen LogP contribution in [0.25, 0.3) is 0 Å². The van der Waals surface area contributed by atoms with Gasteiger partial charge in [-0.15, -0.1) is 0 Å². The fourth-order valence-corrected chi connectivity index (χ4v) is 4.28. The Bertz CT molecular complexity index is 790. The molecule has 2 aromatic rings. The number of hydrogen-bond acceptors (Lipinski definition) is 4. The number of halogens is 1. The predicted molar refractivity (Wildman–Crippen MR) is 120 cm³/mol. The highest BCUT2D eigenvalue weighted by atomic mass is 19.1. The lowest BCUT2D eigenvalue weighted by Crippen LogP contribution is -2.38. The summed E-state index contributed by atoms with van der Waals surface area (Å²) in [6, 6.07) is 13.3. The van der Waals surface area contributed by atoms with Crippen LogP contribution in [0.2, 0.25) is 0 Å². The summed E-state index contributed by atoms with van der Waals surface area (Å²) in [6.07, 6.45) is 3.19. The zero-order valence-corrected chi connectivity index (χ0v) is 18.6. The number of methoxy groups -OCH3 is 1. The van der Waals surface area contributed by atoms with Gasteiger partial charge in [0.25, 0.3) is 0 Å². The van der Waals surface area contributed by atoms with E-state index < -0.39 is 0 Å². The fraction of sp³-hybridized carbons (Fsp3) is 0.520. The molecule has 30 heavy (non-hydrogen) atoms. The van der Waals surface area contributed by atoms with E-state index in [1.807, 2.05) is 25.1 Å². The van der Waals surface area contributed by atoms with Crippen molar-refractivity contribution in [2.45, 2.75) is 32.7 Å². The van der Waals surface area contributed by atoms with Crippen molar-refractivity contribution in [1.82, 2.24) is 9.80 Å². The van der Waals surface area contributed by atoms with E-state index in [1.54, 1.807) is 19.2 Å². The van der Waals surface area contributed by atoms with Crippen LogP contribution in [-0.4, -0.2) is 56.7 Å². The van der Waals surface area contributed by atoms with Crippen LogP contribution in [-0.2, 0) is 13.0 Å². The summed E-state index contributed by atoms with van der Waals surface area (Å²) in [6.45, 7) is 7.75. The van der Waals surface area contributed by atoms with E-state index in [9.17, 15) is 4.39 Å². The Morgan fingerprint density at radius 3 is 2.57 bits per heavy atom. The van der Waals surface area contributed by atoms with Gasteiger partial charge >= 0.3 is 0 Å². The molecule has 0 aliphatic carbocycles. The van der Waals surface area contributed by atoms with Crippen molar-refractivity contribution in [2.24, 2.45) is 5.92 Å². The monoisotopic (exact) mass is 414 g/mol. The summed E-state index contributed by atoms with van der Waals surface area (Å²) in [5, 5.41) is 0. The number of ether oxygens (including phenoxy) is 2. The third-order valence-corrected chi connectivity index (χ3v) is 5.91. The average Bonchev–Trinajstić information content (AvgIpc) is 2.75. The van der Waals surface area contributed by atoms with E-state index in [4.69, 9.17) is 9.47 Å². The first kappa shape index (κ1) is 22.6. The van der Waals surface area contributed by atoms with Crippen LogP contribution in [0, 0.1) is 11.7 Å². The van der Waals surface area contributed by atoms with E-state index in [2.05, 4.69) is 29.0 Å². The van der Waals surface area contributed by atoms with Crippen molar-refractivity contribution in [3.05, 3.63) is 59.4 Å². The number of benzene rings is 2. The van der Waals surface area contributed by atoms with Gasteiger partial charge in [0, 0.05) is 19.6 Å². The number of hydrogen-bond donors (Lipinski definition) is 0. The molecule has 1 aliphatic rings. The first-order valence-electron chi connectivity index (χ1n) is 11.0. The van der Waals surface area contributed by atoms with Gasteiger partial charge in [0.2, 0.25) is 0 Å². The summed E-state index contributed by atoms with van der Waals surface area (Å²) in [5.41, 5.74) is 2.06. The summed E-state index contributed by atoms with van der Waals surface area (Å²) >= 11 is 0. The summed E-state index contributed by atoms with van der Waals surface area (Å²) < 4.78 is 24.9. The highest BCUT2D eigenvalue weighted by Gasteiger charge is 2.20. The Hall–Kier alpha value is -2.11. The molecule has 2 aromatic carbocycles. The van der Waals surface area contributed by atoms with Crippen LogP contribution in [0.4, 0.5) is 4.39 Å². The molecule has 0 radical (unpaired) electrons. The van der Waals surface area contributed by atoms with Crippen molar-refractivity contribution in [3.63, 3.8) is 0 Å². The molecule has 4 nitrogen and oxygen atoms in total. The molecular weight excluding hydrogens is 379 g/mol. The normalized spacial score (nSPS) is 15.5. The lowest BCUT2D eigenvalue weighted by molar-refractivity contribution is 0.153. The molecule has 0 unspecified atom stereocenters. The van der Waals surface area contributed by atoms with Gasteiger partial charge in [-0.3, -0.25) is 0 Å². The third-order valence-electron chi connectivity index (χ3n) is 5.91. The standard InChI is InChI=1S/C25H35FN2O2/c1-4-30-25-17-21(9-10-24(25)29-3)19-27(2)18-20-11-14-28(15-12-20)16-13-22-7-5-6-8-23(22)26/h5-10,17,20H,4,11-16,18-19H2,1-3H3. The Morgan fingerprint density at radius 2 is 1.87 bits per heavy atom. The zero-order chi connectivity index (χ0) is 21.3. The lowest BCUT2D eigenvalue weighted by Gasteiger charge is -2.34. The molecule has 0 amide bonds. The molecule has 0 bridgehead atoms. The Balaban J connectivity index is 1.42. The van der Waals surface area contributed by atoms with E-state index in [1.165, 1.54) is 18.4 Å². The maximum Gasteiger partial charge on any atom is 0.161 e. The first-order valence-corrected chi connectivity index (χ1v) is 11.0. The van der Waals surface area contributed by atoms with Gasteiger partial charge in [-0.05, 0) is 81.6 Å². The van der Waals surface area contributed by atoms with Crippen molar-refractivity contribution >= 4 is 0 Å². The van der Waals surface area contributed by atoms with Crippen molar-refractivity contribution in [3.8, 4) is 11.5 Å². The highest BCUT2D eigenvalue weighted by Crippen LogP contribution is 2.29. The molecular formula is C25H35FN2O2. The number of likely N-dealkylation sites (tertiary alicyclic amines) is 1. The highest BCUT2D eigenvalue weighted by molar-refractivity contribution is 5.42. The van der Waals surface area contributed by atoms with E-state index in [-0.39, 0.29) is 5.82 Å². The molecule has 1 fully saturated rings. The molecule has 3 rings (SSSR count). The minimum absolute atomic E-state index is 0.0833. The predicted octanol–water partition coefficient (Wildman–Crippen LogP) is 4.62. The van der Waals surface area contributed by atoms with Gasteiger partial charge in [0.15, 0.2) is 11.5 Å². The number of rotatable bonds is 10. The molecule has 1 aliphatic heterocycles. The second kappa shape index (κ2) is 11.3. The van der Waals surface area contributed by atoms with Crippen LogP contribution >= 0.6 is 0 Å². The topological polar surface area (TPSA) is 24.9 Å². The molecule has 0 atom stereocenters. The zero-order valence-electron chi connectivity index (χ0n) is 18.6. The lowest BCUT2D eigenvalue weighted by atomic mass is 9.95. The second-order valence-electron chi connectivity index (χ2n) is 8.24. The SMILES string of the molecule is CCOc1cc(CN(C)CC2CCN(CCc3ccccc3F)CC2)ccc1OC. The Morgan fingerprint density at radius 1 is 1.10 bits per heavy atom. The van der Waals surface area contributed by atoms with Crippen LogP contribution in [0.3, 0.4) is 0 Å². The van der Waals surface area contributed by atoms with Crippen molar-refractivity contribution in [2.75, 3.05) is 46.9 Å². The van der Waals surface area contributed by atoms with Gasteiger partial charge < -0.3 is 19.3 Å². The molecule has 0 saturated carbocycles. The van der Waals surface area contributed by atoms with Crippen LogP contribution in [0.15, 0.2) is 42.5 Å². The minimum Gasteiger partial charge on any atom is -0.493 e. The molecule has 0 aromatic heterocycles. The van der Waals surface area contributed by atoms with Crippen LogP contribution in [0.1, 0.15) is 30.9 Å². The largest absolute Gasteiger partial charge is 0.493 e. The quantitative estimate of drug-likeness (QED) is 0.566. The maximum atomic E-state index is 13.8. The summed E-state index contributed by atoms with van der Waals surface area (Å²) in [4.78, 5) is 4.87. The minimum atomic E-state index is -0.0833. The van der Waals surface area contributed by atoms with Gasteiger partial charge in [0.1, 0.15) is 5.82 Å².